The molecule has 0 fully saturated rings. The van der Waals surface area contributed by atoms with Crippen LogP contribution in [0.3, 0.4) is 0 Å². The molecule has 0 aromatic heterocycles. The number of thioether (sulfide) groups is 1. The molecule has 28 heavy (non-hydrogen) atoms. The molecule has 2 amide bonds. The van der Waals surface area contributed by atoms with Crippen LogP contribution in [0.25, 0.3) is 0 Å². The number of nitrogens with zero attached hydrogens (tertiary/aromatic N) is 1. The predicted molar refractivity (Wildman–Crippen MR) is 116 cm³/mol. The number of amides is 2. The van der Waals surface area contributed by atoms with E-state index in [0.717, 1.165) is 16.0 Å². The highest BCUT2D eigenvalue weighted by Crippen LogP contribution is 2.19. The molecule has 0 heterocycles. The molecule has 5 heteroatoms. The largest absolute Gasteiger partial charge is 0.354 e. The van der Waals surface area contributed by atoms with Crippen molar-refractivity contribution in [2.45, 2.75) is 45.2 Å². The van der Waals surface area contributed by atoms with E-state index in [2.05, 4.69) is 25.2 Å². The highest BCUT2D eigenvalue weighted by molar-refractivity contribution is 8.00. The van der Waals surface area contributed by atoms with Crippen LogP contribution in [0.1, 0.15) is 31.9 Å². The van der Waals surface area contributed by atoms with Gasteiger partial charge in [0.05, 0.1) is 5.75 Å². The molecule has 0 aliphatic carbocycles. The Hall–Kier alpha value is -2.27. The summed E-state index contributed by atoms with van der Waals surface area (Å²) in [6.45, 7) is 8.96. The van der Waals surface area contributed by atoms with Gasteiger partial charge in [-0.25, -0.2) is 0 Å². The topological polar surface area (TPSA) is 49.4 Å². The van der Waals surface area contributed by atoms with Gasteiger partial charge in [0.15, 0.2) is 0 Å². The monoisotopic (exact) mass is 398 g/mol. The number of hydrogen-bond acceptors (Lipinski definition) is 3. The highest BCUT2D eigenvalue weighted by atomic mass is 32.2. The van der Waals surface area contributed by atoms with Gasteiger partial charge in [0.25, 0.3) is 0 Å². The van der Waals surface area contributed by atoms with Gasteiger partial charge < -0.3 is 10.2 Å². The van der Waals surface area contributed by atoms with Crippen molar-refractivity contribution in [2.75, 3.05) is 12.3 Å². The van der Waals surface area contributed by atoms with Crippen molar-refractivity contribution in [1.82, 2.24) is 10.2 Å². The molecule has 0 saturated heterocycles. The van der Waals surface area contributed by atoms with Gasteiger partial charge in [-0.15, -0.1) is 11.8 Å². The molecule has 1 N–H and O–H groups in total. The van der Waals surface area contributed by atoms with Crippen LogP contribution in [0.5, 0.6) is 0 Å². The first kappa shape index (κ1) is 22.0. The van der Waals surface area contributed by atoms with Crippen molar-refractivity contribution in [3.63, 3.8) is 0 Å². The molecule has 1 atom stereocenters. The molecule has 2 aromatic carbocycles. The molecule has 0 unspecified atom stereocenters. The molecule has 0 spiro atoms. The summed E-state index contributed by atoms with van der Waals surface area (Å²) in [6, 6.07) is 17.4. The first-order chi connectivity index (χ1) is 13.4. The van der Waals surface area contributed by atoms with Crippen LogP contribution in [-0.4, -0.2) is 35.1 Å². The Balaban J connectivity index is 2.11. The third-order valence-electron chi connectivity index (χ3n) is 4.39. The summed E-state index contributed by atoms with van der Waals surface area (Å²) in [6.07, 6.45) is 0. The van der Waals surface area contributed by atoms with Crippen molar-refractivity contribution in [3.05, 3.63) is 65.7 Å². The lowest BCUT2D eigenvalue weighted by atomic mass is 10.1. The second kappa shape index (κ2) is 10.9. The van der Waals surface area contributed by atoms with Crippen LogP contribution in [0.4, 0.5) is 0 Å². The molecule has 4 nitrogen and oxygen atoms in total. The summed E-state index contributed by atoms with van der Waals surface area (Å²) in [5, 5.41) is 2.95. The SMILES string of the molecule is Cc1cccc(CN(C(=O)CSc2ccccc2)[C@@H](C)C(=O)NCC(C)C)c1. The summed E-state index contributed by atoms with van der Waals surface area (Å²) in [7, 11) is 0. The molecular weight excluding hydrogens is 368 g/mol. The van der Waals surface area contributed by atoms with E-state index in [0.29, 0.717) is 24.8 Å². The van der Waals surface area contributed by atoms with Crippen molar-refractivity contribution >= 4 is 23.6 Å². The average Bonchev–Trinajstić information content (AvgIpc) is 2.68. The van der Waals surface area contributed by atoms with E-state index < -0.39 is 6.04 Å². The zero-order valence-electron chi connectivity index (χ0n) is 17.1. The van der Waals surface area contributed by atoms with E-state index in [-0.39, 0.29) is 11.8 Å². The Morgan fingerprint density at radius 2 is 1.75 bits per heavy atom. The fraction of sp³-hybridized carbons (Fsp3) is 0.391. The average molecular weight is 399 g/mol. The fourth-order valence-corrected chi connectivity index (χ4v) is 3.59. The van der Waals surface area contributed by atoms with E-state index in [4.69, 9.17) is 0 Å². The third-order valence-corrected chi connectivity index (χ3v) is 5.39. The molecule has 0 aliphatic rings. The van der Waals surface area contributed by atoms with E-state index in [1.165, 1.54) is 11.8 Å². The summed E-state index contributed by atoms with van der Waals surface area (Å²) < 4.78 is 0. The number of carbonyl (C=O) groups excluding carboxylic acids is 2. The van der Waals surface area contributed by atoms with Crippen molar-refractivity contribution < 1.29 is 9.59 Å². The Kier molecular flexibility index (Phi) is 8.58. The smallest absolute Gasteiger partial charge is 0.242 e. The van der Waals surface area contributed by atoms with Crippen molar-refractivity contribution in [1.29, 1.82) is 0 Å². The van der Waals surface area contributed by atoms with Gasteiger partial charge in [-0.3, -0.25) is 9.59 Å². The summed E-state index contributed by atoms with van der Waals surface area (Å²) in [4.78, 5) is 28.4. The molecule has 0 bridgehead atoms. The zero-order valence-corrected chi connectivity index (χ0v) is 18.0. The van der Waals surface area contributed by atoms with Gasteiger partial charge in [0, 0.05) is 18.0 Å². The first-order valence-electron chi connectivity index (χ1n) is 9.67. The standard InChI is InChI=1S/C23H30N2O2S/c1-17(2)14-24-23(27)19(4)25(15-20-10-8-9-18(3)13-20)22(26)16-28-21-11-6-5-7-12-21/h5-13,17,19H,14-16H2,1-4H3,(H,24,27)/t19-/m0/s1. The van der Waals surface area contributed by atoms with Gasteiger partial charge in [-0.05, 0) is 37.5 Å². The maximum absolute atomic E-state index is 13.0. The van der Waals surface area contributed by atoms with E-state index in [9.17, 15) is 9.59 Å². The maximum Gasteiger partial charge on any atom is 0.242 e. The molecule has 0 saturated carbocycles. The molecule has 2 aromatic rings. The lowest BCUT2D eigenvalue weighted by Gasteiger charge is -2.29. The van der Waals surface area contributed by atoms with Crippen LogP contribution in [0, 0.1) is 12.8 Å². The van der Waals surface area contributed by atoms with Crippen molar-refractivity contribution in [3.8, 4) is 0 Å². The minimum Gasteiger partial charge on any atom is -0.354 e. The number of aryl methyl sites for hydroxylation is 1. The Bertz CT molecular complexity index is 777. The Morgan fingerprint density at radius 1 is 1.04 bits per heavy atom. The lowest BCUT2D eigenvalue weighted by molar-refractivity contribution is -0.138. The molecular formula is C23H30N2O2S. The second-order valence-corrected chi connectivity index (χ2v) is 8.48. The summed E-state index contributed by atoms with van der Waals surface area (Å²) >= 11 is 1.50. The van der Waals surface area contributed by atoms with Crippen LogP contribution in [0.15, 0.2) is 59.5 Å². The van der Waals surface area contributed by atoms with Crippen LogP contribution in [0.2, 0.25) is 0 Å². The van der Waals surface area contributed by atoms with Gasteiger partial charge >= 0.3 is 0 Å². The molecule has 0 radical (unpaired) electrons. The number of rotatable bonds is 9. The number of nitrogens with one attached hydrogen (secondary N) is 1. The fourth-order valence-electron chi connectivity index (χ4n) is 2.79. The van der Waals surface area contributed by atoms with Gasteiger partial charge in [0.1, 0.15) is 6.04 Å². The zero-order chi connectivity index (χ0) is 20.5. The quantitative estimate of drug-likeness (QED) is 0.642. The van der Waals surface area contributed by atoms with E-state index in [1.54, 1.807) is 11.8 Å². The third kappa shape index (κ3) is 7.04. The van der Waals surface area contributed by atoms with Gasteiger partial charge in [-0.1, -0.05) is 61.9 Å². The maximum atomic E-state index is 13.0. The van der Waals surface area contributed by atoms with E-state index >= 15 is 0 Å². The Labute approximate surface area is 172 Å². The normalized spacial score (nSPS) is 11.9. The number of benzene rings is 2. The predicted octanol–water partition coefficient (Wildman–Crippen LogP) is 4.28. The van der Waals surface area contributed by atoms with Crippen LogP contribution >= 0.6 is 11.8 Å². The van der Waals surface area contributed by atoms with Crippen LogP contribution < -0.4 is 5.32 Å². The van der Waals surface area contributed by atoms with Gasteiger partial charge in [-0.2, -0.15) is 0 Å². The number of hydrogen-bond donors (Lipinski definition) is 1. The molecule has 0 aliphatic heterocycles. The highest BCUT2D eigenvalue weighted by Gasteiger charge is 2.26. The first-order valence-corrected chi connectivity index (χ1v) is 10.7. The minimum absolute atomic E-state index is 0.0393. The number of carbonyl (C=O) groups is 2. The second-order valence-electron chi connectivity index (χ2n) is 7.43. The molecule has 150 valence electrons. The molecule has 2 rings (SSSR count). The Morgan fingerprint density at radius 3 is 2.39 bits per heavy atom. The van der Waals surface area contributed by atoms with E-state index in [1.807, 2.05) is 55.5 Å². The lowest BCUT2D eigenvalue weighted by Crippen LogP contribution is -2.48. The van der Waals surface area contributed by atoms with Crippen LogP contribution in [-0.2, 0) is 16.1 Å². The summed E-state index contributed by atoms with van der Waals surface area (Å²) in [5.41, 5.74) is 2.17. The summed E-state index contributed by atoms with van der Waals surface area (Å²) in [5.74, 6) is 0.519. The van der Waals surface area contributed by atoms with Gasteiger partial charge in [0.2, 0.25) is 11.8 Å². The van der Waals surface area contributed by atoms with Crippen molar-refractivity contribution in [2.24, 2.45) is 5.92 Å². The minimum atomic E-state index is -0.525.